The average Bonchev–Trinajstić information content (AvgIpc) is 3.41. The summed E-state index contributed by atoms with van der Waals surface area (Å²) in [5.41, 5.74) is 3.36. The molecule has 0 unspecified atom stereocenters. The number of aliphatic hydroxyl groups is 1. The predicted octanol–water partition coefficient (Wildman–Crippen LogP) is 4.32. The van der Waals surface area contributed by atoms with Crippen molar-refractivity contribution in [2.45, 2.75) is 25.4 Å². The number of aromatic nitrogens is 1. The Balaban J connectivity index is 1.67. The molecule has 2 N–H and O–H groups in total. The molecule has 1 fully saturated rings. The third-order valence-electron chi connectivity index (χ3n) is 4.92. The van der Waals surface area contributed by atoms with Crippen molar-refractivity contribution in [3.05, 3.63) is 66.4 Å². The normalized spacial score (nSPS) is 14.8. The zero-order valence-corrected chi connectivity index (χ0v) is 14.6. The molecule has 3 aromatic rings. The first-order valence-corrected chi connectivity index (χ1v) is 8.66. The van der Waals surface area contributed by atoms with E-state index < -0.39 is 5.60 Å². The summed E-state index contributed by atoms with van der Waals surface area (Å²) in [5, 5.41) is 14.5. The minimum atomic E-state index is -1.20. The lowest BCUT2D eigenvalue weighted by Gasteiger charge is -2.11. The topological polar surface area (TPSA) is 62.2 Å². The summed E-state index contributed by atoms with van der Waals surface area (Å²) in [6.07, 6.45) is 4.62. The molecule has 1 heterocycles. The van der Waals surface area contributed by atoms with E-state index in [0.29, 0.717) is 18.7 Å². The van der Waals surface area contributed by atoms with Gasteiger partial charge in [-0.15, -0.1) is 0 Å². The van der Waals surface area contributed by atoms with Crippen LogP contribution in [0.5, 0.6) is 0 Å². The number of hydrogen-bond donors (Lipinski definition) is 2. The summed E-state index contributed by atoms with van der Waals surface area (Å²) in [7, 11) is 0. The Morgan fingerprint density at radius 1 is 1.19 bits per heavy atom. The molecule has 4 nitrogen and oxygen atoms in total. The van der Waals surface area contributed by atoms with E-state index in [2.05, 4.69) is 54.1 Å². The van der Waals surface area contributed by atoms with Crippen LogP contribution in [-0.4, -0.2) is 21.6 Å². The predicted molar refractivity (Wildman–Crippen MR) is 105 cm³/mol. The summed E-state index contributed by atoms with van der Waals surface area (Å²) < 4.78 is 0. The SMILES string of the molecule is C=Cc1ccc(C)c(-c2ccc3cc(NC(=O)C4(O)CC4)ncc3c2)c1. The van der Waals surface area contributed by atoms with Crippen LogP contribution in [0.25, 0.3) is 28.0 Å². The maximum absolute atomic E-state index is 12.0. The molecule has 1 aliphatic rings. The molecule has 0 aliphatic heterocycles. The van der Waals surface area contributed by atoms with Crippen LogP contribution in [0.15, 0.2) is 55.2 Å². The van der Waals surface area contributed by atoms with Gasteiger partial charge in [0.25, 0.3) is 5.91 Å². The number of amides is 1. The number of fused-ring (bicyclic) bond motifs is 1. The van der Waals surface area contributed by atoms with Crippen molar-refractivity contribution in [2.24, 2.45) is 0 Å². The number of benzene rings is 2. The fourth-order valence-corrected chi connectivity index (χ4v) is 3.03. The molecule has 1 aromatic heterocycles. The third kappa shape index (κ3) is 3.00. The van der Waals surface area contributed by atoms with E-state index in [1.807, 2.05) is 18.2 Å². The molecule has 1 saturated carbocycles. The zero-order valence-electron chi connectivity index (χ0n) is 14.6. The van der Waals surface area contributed by atoms with Crippen LogP contribution in [0.3, 0.4) is 0 Å². The van der Waals surface area contributed by atoms with Gasteiger partial charge in [0.15, 0.2) is 0 Å². The van der Waals surface area contributed by atoms with E-state index in [-0.39, 0.29) is 5.91 Å². The first kappa shape index (κ1) is 16.5. The lowest BCUT2D eigenvalue weighted by atomic mass is 9.96. The number of nitrogens with zero attached hydrogens (tertiary/aromatic N) is 1. The molecule has 0 atom stereocenters. The summed E-state index contributed by atoms with van der Waals surface area (Å²) in [5.74, 6) is 0.0817. The average molecular weight is 344 g/mol. The van der Waals surface area contributed by atoms with Gasteiger partial charge in [-0.25, -0.2) is 4.98 Å². The second kappa shape index (κ2) is 6.07. The highest BCUT2D eigenvalue weighted by atomic mass is 16.3. The molecule has 1 amide bonds. The van der Waals surface area contributed by atoms with Crippen LogP contribution in [0.1, 0.15) is 24.0 Å². The molecule has 0 radical (unpaired) electrons. The largest absolute Gasteiger partial charge is 0.380 e. The van der Waals surface area contributed by atoms with Gasteiger partial charge in [0.1, 0.15) is 11.4 Å². The van der Waals surface area contributed by atoms with Crippen molar-refractivity contribution < 1.29 is 9.90 Å². The number of aryl methyl sites for hydroxylation is 1. The van der Waals surface area contributed by atoms with Crippen LogP contribution in [0.2, 0.25) is 0 Å². The van der Waals surface area contributed by atoms with Crippen LogP contribution in [0.4, 0.5) is 5.82 Å². The highest BCUT2D eigenvalue weighted by Gasteiger charge is 2.48. The molecule has 130 valence electrons. The highest BCUT2D eigenvalue weighted by Crippen LogP contribution is 2.36. The lowest BCUT2D eigenvalue weighted by molar-refractivity contribution is -0.125. The first-order valence-electron chi connectivity index (χ1n) is 8.66. The van der Waals surface area contributed by atoms with Gasteiger partial charge in [-0.1, -0.05) is 36.9 Å². The molecule has 2 aromatic carbocycles. The Morgan fingerprint density at radius 2 is 2.00 bits per heavy atom. The van der Waals surface area contributed by atoms with Gasteiger partial charge in [-0.05, 0) is 65.6 Å². The van der Waals surface area contributed by atoms with Gasteiger partial charge in [0.05, 0.1) is 0 Å². The van der Waals surface area contributed by atoms with E-state index in [4.69, 9.17) is 0 Å². The Kier molecular flexibility index (Phi) is 3.85. The molecule has 1 aliphatic carbocycles. The Bertz CT molecular complexity index is 1040. The molecular formula is C22H20N2O2. The first-order chi connectivity index (χ1) is 12.5. The second-order valence-corrected chi connectivity index (χ2v) is 6.90. The van der Waals surface area contributed by atoms with E-state index in [1.54, 1.807) is 6.20 Å². The minimum Gasteiger partial charge on any atom is -0.380 e. The van der Waals surface area contributed by atoms with Crippen molar-refractivity contribution in [1.82, 2.24) is 4.98 Å². The van der Waals surface area contributed by atoms with Crippen LogP contribution >= 0.6 is 0 Å². The van der Waals surface area contributed by atoms with Crippen molar-refractivity contribution in [3.8, 4) is 11.1 Å². The molecule has 4 rings (SSSR count). The maximum atomic E-state index is 12.0. The number of rotatable bonds is 4. The van der Waals surface area contributed by atoms with E-state index in [1.165, 1.54) is 5.56 Å². The molecule has 0 bridgehead atoms. The maximum Gasteiger partial charge on any atom is 0.257 e. The van der Waals surface area contributed by atoms with Crippen molar-refractivity contribution in [3.63, 3.8) is 0 Å². The van der Waals surface area contributed by atoms with Gasteiger partial charge in [0, 0.05) is 11.6 Å². The van der Waals surface area contributed by atoms with E-state index in [0.717, 1.165) is 27.5 Å². The summed E-state index contributed by atoms with van der Waals surface area (Å²) in [4.78, 5) is 16.3. The molecule has 0 saturated heterocycles. The smallest absolute Gasteiger partial charge is 0.257 e. The van der Waals surface area contributed by atoms with Crippen molar-refractivity contribution >= 4 is 28.6 Å². The second-order valence-electron chi connectivity index (χ2n) is 6.90. The fourth-order valence-electron chi connectivity index (χ4n) is 3.03. The number of carbonyl (C=O) groups excluding carboxylic acids is 1. The molecule has 0 spiro atoms. The molecule has 26 heavy (non-hydrogen) atoms. The Hall–Kier alpha value is -2.98. The number of hydrogen-bond acceptors (Lipinski definition) is 3. The number of nitrogens with one attached hydrogen (secondary N) is 1. The quantitative estimate of drug-likeness (QED) is 0.741. The van der Waals surface area contributed by atoms with E-state index >= 15 is 0 Å². The lowest BCUT2D eigenvalue weighted by Crippen LogP contribution is -2.29. The summed E-state index contributed by atoms with van der Waals surface area (Å²) >= 11 is 0. The number of pyridine rings is 1. The van der Waals surface area contributed by atoms with Gasteiger partial charge >= 0.3 is 0 Å². The Morgan fingerprint density at radius 3 is 2.73 bits per heavy atom. The van der Waals surface area contributed by atoms with Gasteiger partial charge in [-0.3, -0.25) is 4.79 Å². The molecular weight excluding hydrogens is 324 g/mol. The van der Waals surface area contributed by atoms with Gasteiger partial charge in [0.2, 0.25) is 0 Å². The van der Waals surface area contributed by atoms with Crippen LogP contribution < -0.4 is 5.32 Å². The van der Waals surface area contributed by atoms with E-state index in [9.17, 15) is 9.90 Å². The standard InChI is InChI=1S/C22H20N2O2/c1-3-15-5-4-14(2)19(10-15)17-7-6-16-12-20(23-13-18(16)11-17)24-21(25)22(26)8-9-22/h3-7,10-13,26H,1,8-9H2,2H3,(H,23,24,25). The number of anilines is 1. The molecule has 4 heteroatoms. The van der Waals surface area contributed by atoms with Crippen molar-refractivity contribution in [2.75, 3.05) is 5.32 Å². The van der Waals surface area contributed by atoms with Crippen LogP contribution in [0, 0.1) is 6.92 Å². The van der Waals surface area contributed by atoms with Gasteiger partial charge in [-0.2, -0.15) is 0 Å². The fraction of sp³-hybridized carbons (Fsp3) is 0.182. The number of carbonyl (C=O) groups is 1. The highest BCUT2D eigenvalue weighted by molar-refractivity contribution is 6.00. The minimum absolute atomic E-state index is 0.377. The summed E-state index contributed by atoms with van der Waals surface area (Å²) in [6, 6.07) is 14.3. The summed E-state index contributed by atoms with van der Waals surface area (Å²) in [6.45, 7) is 5.93. The third-order valence-corrected chi connectivity index (χ3v) is 4.92. The zero-order chi connectivity index (χ0) is 18.3. The van der Waals surface area contributed by atoms with Gasteiger partial charge < -0.3 is 10.4 Å². The monoisotopic (exact) mass is 344 g/mol. The van der Waals surface area contributed by atoms with Crippen LogP contribution in [-0.2, 0) is 4.79 Å². The Labute approximate surface area is 152 Å². The van der Waals surface area contributed by atoms with Crippen molar-refractivity contribution in [1.29, 1.82) is 0 Å².